The SMILES string of the molecule is CC(Nc1cc(Cl)c(Cl)cc1Cl)c1csc(Cl)c1. The summed E-state index contributed by atoms with van der Waals surface area (Å²) in [6.45, 7) is 2.03. The van der Waals surface area contributed by atoms with Gasteiger partial charge in [0.1, 0.15) is 0 Å². The Bertz CT molecular complexity index is 567. The molecule has 18 heavy (non-hydrogen) atoms. The summed E-state index contributed by atoms with van der Waals surface area (Å²) in [7, 11) is 0. The number of hydrogen-bond donors (Lipinski definition) is 1. The molecule has 96 valence electrons. The minimum Gasteiger partial charge on any atom is -0.377 e. The third-order valence-electron chi connectivity index (χ3n) is 2.47. The molecule has 0 radical (unpaired) electrons. The van der Waals surface area contributed by atoms with Gasteiger partial charge in [-0.15, -0.1) is 11.3 Å². The Balaban J connectivity index is 2.21. The van der Waals surface area contributed by atoms with Crippen LogP contribution in [0.2, 0.25) is 19.4 Å². The van der Waals surface area contributed by atoms with Crippen LogP contribution < -0.4 is 5.32 Å². The van der Waals surface area contributed by atoms with Crippen molar-refractivity contribution in [2.45, 2.75) is 13.0 Å². The van der Waals surface area contributed by atoms with Crippen LogP contribution in [-0.4, -0.2) is 0 Å². The molecule has 0 fully saturated rings. The van der Waals surface area contributed by atoms with Gasteiger partial charge in [-0.2, -0.15) is 0 Å². The molecule has 0 aliphatic carbocycles. The first-order chi connectivity index (χ1) is 8.47. The lowest BCUT2D eigenvalue weighted by molar-refractivity contribution is 0.891. The summed E-state index contributed by atoms with van der Waals surface area (Å²) < 4.78 is 0.763. The first-order valence-electron chi connectivity index (χ1n) is 5.12. The van der Waals surface area contributed by atoms with Crippen molar-refractivity contribution in [1.82, 2.24) is 0 Å². The van der Waals surface area contributed by atoms with Gasteiger partial charge in [-0.3, -0.25) is 0 Å². The molecule has 1 aromatic heterocycles. The third-order valence-corrected chi connectivity index (χ3v) is 4.61. The molecule has 1 unspecified atom stereocenters. The van der Waals surface area contributed by atoms with Gasteiger partial charge in [-0.25, -0.2) is 0 Å². The van der Waals surface area contributed by atoms with E-state index in [-0.39, 0.29) is 6.04 Å². The van der Waals surface area contributed by atoms with E-state index in [2.05, 4.69) is 5.32 Å². The molecule has 1 nitrogen and oxygen atoms in total. The number of nitrogens with one attached hydrogen (secondary N) is 1. The van der Waals surface area contributed by atoms with Crippen LogP contribution >= 0.6 is 57.7 Å². The van der Waals surface area contributed by atoms with Gasteiger partial charge < -0.3 is 5.32 Å². The number of thiophene rings is 1. The highest BCUT2D eigenvalue weighted by atomic mass is 35.5. The highest BCUT2D eigenvalue weighted by Crippen LogP contribution is 2.35. The van der Waals surface area contributed by atoms with Crippen molar-refractivity contribution in [1.29, 1.82) is 0 Å². The molecule has 0 bridgehead atoms. The molecular formula is C12H9Cl4NS. The van der Waals surface area contributed by atoms with Crippen LogP contribution in [0.25, 0.3) is 0 Å². The number of anilines is 1. The second kappa shape index (κ2) is 5.89. The van der Waals surface area contributed by atoms with Crippen molar-refractivity contribution in [2.24, 2.45) is 0 Å². The van der Waals surface area contributed by atoms with E-state index < -0.39 is 0 Å². The van der Waals surface area contributed by atoms with Gasteiger partial charge in [-0.1, -0.05) is 46.4 Å². The average Bonchev–Trinajstić information content (AvgIpc) is 2.73. The first-order valence-corrected chi connectivity index (χ1v) is 7.51. The Hall–Kier alpha value is -0.120. The van der Waals surface area contributed by atoms with E-state index in [1.54, 1.807) is 12.1 Å². The first kappa shape index (κ1) is 14.3. The second-order valence-electron chi connectivity index (χ2n) is 3.80. The second-order valence-corrected chi connectivity index (χ2v) is 6.56. The van der Waals surface area contributed by atoms with Gasteiger partial charge >= 0.3 is 0 Å². The number of benzene rings is 1. The zero-order valence-corrected chi connectivity index (χ0v) is 13.1. The van der Waals surface area contributed by atoms with E-state index in [0.717, 1.165) is 15.6 Å². The third kappa shape index (κ3) is 3.25. The van der Waals surface area contributed by atoms with Crippen LogP contribution in [0.1, 0.15) is 18.5 Å². The Kier molecular flexibility index (Phi) is 4.68. The predicted octanol–water partition coefficient (Wildman–Crippen LogP) is 6.53. The molecule has 0 spiro atoms. The zero-order valence-electron chi connectivity index (χ0n) is 9.31. The number of rotatable bonds is 3. The van der Waals surface area contributed by atoms with Crippen molar-refractivity contribution in [3.05, 3.63) is 48.5 Å². The summed E-state index contributed by atoms with van der Waals surface area (Å²) in [5.74, 6) is 0. The largest absolute Gasteiger partial charge is 0.377 e. The number of hydrogen-bond acceptors (Lipinski definition) is 2. The van der Waals surface area contributed by atoms with Gasteiger partial charge in [0.05, 0.1) is 25.1 Å². The lowest BCUT2D eigenvalue weighted by atomic mass is 10.1. The minimum atomic E-state index is 0.0866. The fraction of sp³-hybridized carbons (Fsp3) is 0.167. The van der Waals surface area contributed by atoms with E-state index in [0.29, 0.717) is 15.1 Å². The standard InChI is InChI=1S/C12H9Cl4NS/c1-6(7-2-12(16)18-5-7)17-11-4-9(14)8(13)3-10(11)15/h2-6,17H,1H3. The van der Waals surface area contributed by atoms with Crippen molar-refractivity contribution in [3.63, 3.8) is 0 Å². The lowest BCUT2D eigenvalue weighted by Gasteiger charge is -2.16. The van der Waals surface area contributed by atoms with Crippen molar-refractivity contribution >= 4 is 63.4 Å². The minimum absolute atomic E-state index is 0.0866. The van der Waals surface area contributed by atoms with Crippen LogP contribution in [0.3, 0.4) is 0 Å². The summed E-state index contributed by atoms with van der Waals surface area (Å²) >= 11 is 25.4. The molecule has 0 amide bonds. The molecule has 0 aliphatic rings. The van der Waals surface area contributed by atoms with E-state index >= 15 is 0 Å². The predicted molar refractivity (Wildman–Crippen MR) is 82.8 cm³/mol. The highest BCUT2D eigenvalue weighted by molar-refractivity contribution is 7.14. The van der Waals surface area contributed by atoms with Crippen LogP contribution in [-0.2, 0) is 0 Å². The fourth-order valence-corrected chi connectivity index (χ4v) is 3.09. The van der Waals surface area contributed by atoms with E-state index in [1.165, 1.54) is 11.3 Å². The summed E-state index contributed by atoms with van der Waals surface area (Å²) in [6, 6.07) is 5.36. The quantitative estimate of drug-likeness (QED) is 0.626. The van der Waals surface area contributed by atoms with Gasteiger partial charge in [0.2, 0.25) is 0 Å². The Morgan fingerprint density at radius 2 is 1.67 bits per heavy atom. The summed E-state index contributed by atoms with van der Waals surface area (Å²) in [6.07, 6.45) is 0. The summed E-state index contributed by atoms with van der Waals surface area (Å²) in [4.78, 5) is 0. The Morgan fingerprint density at radius 3 is 2.28 bits per heavy atom. The van der Waals surface area contributed by atoms with Crippen LogP contribution in [0, 0.1) is 0 Å². The van der Waals surface area contributed by atoms with Crippen molar-refractivity contribution < 1.29 is 0 Å². The smallest absolute Gasteiger partial charge is 0.0931 e. The molecule has 2 rings (SSSR count). The van der Waals surface area contributed by atoms with Gasteiger partial charge in [-0.05, 0) is 36.1 Å². The van der Waals surface area contributed by atoms with E-state index in [9.17, 15) is 0 Å². The maximum absolute atomic E-state index is 6.11. The monoisotopic (exact) mass is 339 g/mol. The highest BCUT2D eigenvalue weighted by Gasteiger charge is 2.11. The fourth-order valence-electron chi connectivity index (χ4n) is 1.50. The normalized spacial score (nSPS) is 12.5. The molecule has 0 aliphatic heterocycles. The number of halogens is 4. The lowest BCUT2D eigenvalue weighted by Crippen LogP contribution is -2.05. The molecule has 1 heterocycles. The Morgan fingerprint density at radius 1 is 1.00 bits per heavy atom. The van der Waals surface area contributed by atoms with Crippen molar-refractivity contribution in [2.75, 3.05) is 5.32 Å². The zero-order chi connectivity index (χ0) is 13.3. The molecule has 0 saturated carbocycles. The topological polar surface area (TPSA) is 12.0 Å². The van der Waals surface area contributed by atoms with Gasteiger partial charge in [0.25, 0.3) is 0 Å². The summed E-state index contributed by atoms with van der Waals surface area (Å²) in [5, 5.41) is 6.74. The maximum Gasteiger partial charge on any atom is 0.0931 e. The average molecular weight is 341 g/mol. The van der Waals surface area contributed by atoms with Crippen LogP contribution in [0.5, 0.6) is 0 Å². The van der Waals surface area contributed by atoms with Crippen LogP contribution in [0.15, 0.2) is 23.6 Å². The van der Waals surface area contributed by atoms with Crippen LogP contribution in [0.4, 0.5) is 5.69 Å². The van der Waals surface area contributed by atoms with E-state index in [1.807, 2.05) is 18.4 Å². The summed E-state index contributed by atoms with van der Waals surface area (Å²) in [5.41, 5.74) is 1.85. The van der Waals surface area contributed by atoms with Gasteiger partial charge in [0, 0.05) is 6.04 Å². The van der Waals surface area contributed by atoms with E-state index in [4.69, 9.17) is 46.4 Å². The maximum atomic E-state index is 6.11. The molecule has 1 atom stereocenters. The Labute approximate surface area is 130 Å². The molecule has 6 heteroatoms. The molecular weight excluding hydrogens is 332 g/mol. The molecule has 0 saturated heterocycles. The molecule has 2 aromatic rings. The molecule has 1 N–H and O–H groups in total. The molecule has 1 aromatic carbocycles. The van der Waals surface area contributed by atoms with Crippen molar-refractivity contribution in [3.8, 4) is 0 Å². The van der Waals surface area contributed by atoms with Gasteiger partial charge in [0.15, 0.2) is 0 Å².